The van der Waals surface area contributed by atoms with Crippen LogP contribution in [0.15, 0.2) is 47.5 Å². The molecule has 0 atom stereocenters. The Kier molecular flexibility index (Phi) is 8.71. The number of guanidine groups is 1. The SMILES string of the molecule is Cc1ccc(NC(N)=NCCC(=O)Nc2cccc(Cl)c2C)cc1.I. The van der Waals surface area contributed by atoms with Crippen LogP contribution >= 0.6 is 35.6 Å². The highest BCUT2D eigenvalue weighted by atomic mass is 127. The number of aryl methyl sites for hydroxylation is 1. The maximum Gasteiger partial charge on any atom is 0.226 e. The maximum absolute atomic E-state index is 12.0. The number of halogens is 2. The van der Waals surface area contributed by atoms with Gasteiger partial charge >= 0.3 is 0 Å². The molecule has 0 aromatic heterocycles. The van der Waals surface area contributed by atoms with Gasteiger partial charge in [-0.15, -0.1) is 24.0 Å². The average Bonchev–Trinajstić information content (AvgIpc) is 2.54. The standard InChI is InChI=1S/C18H21ClN4O.HI/c1-12-6-8-14(9-7-12)22-18(20)21-11-10-17(24)23-16-5-3-4-15(19)13(16)2;/h3-9H,10-11H2,1-2H3,(H,23,24)(H3,20,21,22);1H. The highest BCUT2D eigenvalue weighted by Gasteiger charge is 2.06. The average molecular weight is 473 g/mol. The van der Waals surface area contributed by atoms with E-state index in [9.17, 15) is 4.79 Å². The van der Waals surface area contributed by atoms with Crippen molar-refractivity contribution < 1.29 is 4.79 Å². The van der Waals surface area contributed by atoms with Crippen molar-refractivity contribution in [2.45, 2.75) is 20.3 Å². The lowest BCUT2D eigenvalue weighted by Crippen LogP contribution is -2.23. The lowest BCUT2D eigenvalue weighted by molar-refractivity contribution is -0.116. The van der Waals surface area contributed by atoms with Gasteiger partial charge in [-0.2, -0.15) is 0 Å². The largest absolute Gasteiger partial charge is 0.370 e. The van der Waals surface area contributed by atoms with Crippen molar-refractivity contribution in [2.24, 2.45) is 10.7 Å². The predicted octanol–water partition coefficient (Wildman–Crippen LogP) is 4.33. The zero-order valence-corrected chi connectivity index (χ0v) is 17.3. The molecule has 2 aromatic carbocycles. The fourth-order valence-electron chi connectivity index (χ4n) is 2.06. The van der Waals surface area contributed by atoms with Gasteiger partial charge in [0.05, 0.1) is 6.54 Å². The molecule has 4 N–H and O–H groups in total. The first-order chi connectivity index (χ1) is 11.5. The van der Waals surface area contributed by atoms with Crippen LogP contribution < -0.4 is 16.4 Å². The van der Waals surface area contributed by atoms with Crippen LogP contribution in [-0.2, 0) is 4.79 Å². The summed E-state index contributed by atoms with van der Waals surface area (Å²) in [5.41, 5.74) is 9.40. The third-order valence-electron chi connectivity index (χ3n) is 3.49. The van der Waals surface area contributed by atoms with Crippen LogP contribution in [-0.4, -0.2) is 18.4 Å². The Balaban J connectivity index is 0.00000312. The molecule has 0 saturated carbocycles. The van der Waals surface area contributed by atoms with E-state index in [1.807, 2.05) is 44.2 Å². The summed E-state index contributed by atoms with van der Waals surface area (Å²) in [6.45, 7) is 4.18. The van der Waals surface area contributed by atoms with Gasteiger partial charge in [0.15, 0.2) is 5.96 Å². The number of nitrogens with zero attached hydrogens (tertiary/aromatic N) is 1. The zero-order valence-electron chi connectivity index (χ0n) is 14.2. The fraction of sp³-hybridized carbons (Fsp3) is 0.222. The number of amides is 1. The van der Waals surface area contributed by atoms with Crippen LogP contribution in [0.2, 0.25) is 5.02 Å². The van der Waals surface area contributed by atoms with E-state index in [0.717, 1.165) is 11.3 Å². The molecule has 5 nitrogen and oxygen atoms in total. The van der Waals surface area contributed by atoms with Crippen molar-refractivity contribution in [1.82, 2.24) is 0 Å². The van der Waals surface area contributed by atoms with E-state index >= 15 is 0 Å². The number of hydrogen-bond donors (Lipinski definition) is 3. The molecule has 0 radical (unpaired) electrons. The van der Waals surface area contributed by atoms with E-state index in [1.165, 1.54) is 5.56 Å². The molecular weight excluding hydrogens is 451 g/mol. The summed E-state index contributed by atoms with van der Waals surface area (Å²) in [6.07, 6.45) is 0.238. The quantitative estimate of drug-likeness (QED) is 0.344. The minimum atomic E-state index is -0.132. The Morgan fingerprint density at radius 1 is 1.12 bits per heavy atom. The summed E-state index contributed by atoms with van der Waals surface area (Å²) < 4.78 is 0. The molecule has 0 aliphatic carbocycles. The number of rotatable bonds is 5. The molecule has 2 rings (SSSR count). The number of nitrogens with two attached hydrogens (primary N) is 1. The second kappa shape index (κ2) is 10.2. The van der Waals surface area contributed by atoms with E-state index in [1.54, 1.807) is 12.1 Å². The van der Waals surface area contributed by atoms with Gasteiger partial charge in [0.25, 0.3) is 0 Å². The molecule has 25 heavy (non-hydrogen) atoms. The number of aliphatic imine (C=N–C) groups is 1. The van der Waals surface area contributed by atoms with Gasteiger partial charge < -0.3 is 16.4 Å². The van der Waals surface area contributed by atoms with Gasteiger partial charge in [-0.1, -0.05) is 35.4 Å². The van der Waals surface area contributed by atoms with Gasteiger partial charge in [-0.05, 0) is 43.7 Å². The first-order valence-electron chi connectivity index (χ1n) is 7.64. The summed E-state index contributed by atoms with van der Waals surface area (Å²) in [7, 11) is 0. The van der Waals surface area contributed by atoms with Crippen molar-refractivity contribution in [3.63, 3.8) is 0 Å². The van der Waals surface area contributed by atoms with E-state index in [4.69, 9.17) is 17.3 Å². The Morgan fingerprint density at radius 2 is 1.80 bits per heavy atom. The van der Waals surface area contributed by atoms with Crippen molar-refractivity contribution in [3.8, 4) is 0 Å². The number of carbonyl (C=O) groups is 1. The molecule has 0 spiro atoms. The molecule has 0 unspecified atom stereocenters. The molecule has 0 heterocycles. The number of hydrogen-bond acceptors (Lipinski definition) is 2. The minimum Gasteiger partial charge on any atom is -0.370 e. The van der Waals surface area contributed by atoms with E-state index < -0.39 is 0 Å². The Labute approximate surface area is 170 Å². The first kappa shape index (κ1) is 21.2. The number of carbonyl (C=O) groups excluding carboxylic acids is 1. The van der Waals surface area contributed by atoms with E-state index in [-0.39, 0.29) is 42.3 Å². The van der Waals surface area contributed by atoms with E-state index in [2.05, 4.69) is 15.6 Å². The first-order valence-corrected chi connectivity index (χ1v) is 8.02. The van der Waals surface area contributed by atoms with Gasteiger partial charge in [0, 0.05) is 22.8 Å². The Bertz CT molecular complexity index is 747. The molecule has 134 valence electrons. The van der Waals surface area contributed by atoms with Crippen molar-refractivity contribution >= 4 is 58.8 Å². The molecule has 2 aromatic rings. The summed E-state index contributed by atoms with van der Waals surface area (Å²) >= 11 is 6.03. The van der Waals surface area contributed by atoms with Crippen molar-refractivity contribution in [2.75, 3.05) is 17.2 Å². The fourth-order valence-corrected chi connectivity index (χ4v) is 2.23. The van der Waals surface area contributed by atoms with Crippen LogP contribution in [0.1, 0.15) is 17.5 Å². The van der Waals surface area contributed by atoms with Crippen LogP contribution in [0.4, 0.5) is 11.4 Å². The van der Waals surface area contributed by atoms with Crippen LogP contribution in [0.3, 0.4) is 0 Å². The lowest BCUT2D eigenvalue weighted by atomic mass is 10.2. The molecule has 0 saturated heterocycles. The van der Waals surface area contributed by atoms with Crippen LogP contribution in [0.25, 0.3) is 0 Å². The van der Waals surface area contributed by atoms with Crippen molar-refractivity contribution in [3.05, 3.63) is 58.6 Å². The molecule has 1 amide bonds. The minimum absolute atomic E-state index is 0. The molecule has 0 aliphatic heterocycles. The van der Waals surface area contributed by atoms with Gasteiger partial charge in [0.2, 0.25) is 5.91 Å². The molecule has 0 aliphatic rings. The molecule has 0 fully saturated rings. The normalized spacial score (nSPS) is 10.8. The molecule has 7 heteroatoms. The topological polar surface area (TPSA) is 79.5 Å². The smallest absolute Gasteiger partial charge is 0.226 e. The maximum atomic E-state index is 12.0. The number of nitrogens with one attached hydrogen (secondary N) is 2. The second-order valence-electron chi connectivity index (χ2n) is 5.47. The second-order valence-corrected chi connectivity index (χ2v) is 5.88. The number of benzene rings is 2. The van der Waals surface area contributed by atoms with Gasteiger partial charge in [-0.3, -0.25) is 9.79 Å². The summed E-state index contributed by atoms with van der Waals surface area (Å²) in [5, 5.41) is 6.44. The van der Waals surface area contributed by atoms with E-state index in [0.29, 0.717) is 17.3 Å². The third kappa shape index (κ3) is 6.91. The molecular formula is C18H22ClIN4O. The molecule has 0 bridgehead atoms. The Hall–Kier alpha value is -1.80. The monoisotopic (exact) mass is 472 g/mol. The predicted molar refractivity (Wildman–Crippen MR) is 116 cm³/mol. The van der Waals surface area contributed by atoms with Crippen LogP contribution in [0, 0.1) is 13.8 Å². The summed E-state index contributed by atoms with van der Waals surface area (Å²) in [4.78, 5) is 16.1. The van der Waals surface area contributed by atoms with Crippen molar-refractivity contribution in [1.29, 1.82) is 0 Å². The summed E-state index contributed by atoms with van der Waals surface area (Å²) in [5.74, 6) is 0.151. The van der Waals surface area contributed by atoms with Gasteiger partial charge in [0.1, 0.15) is 0 Å². The Morgan fingerprint density at radius 3 is 2.48 bits per heavy atom. The highest BCUT2D eigenvalue weighted by Crippen LogP contribution is 2.22. The van der Waals surface area contributed by atoms with Gasteiger partial charge in [-0.25, -0.2) is 0 Å². The highest BCUT2D eigenvalue weighted by molar-refractivity contribution is 14.0. The lowest BCUT2D eigenvalue weighted by Gasteiger charge is -2.09. The van der Waals surface area contributed by atoms with Crippen LogP contribution in [0.5, 0.6) is 0 Å². The number of anilines is 2. The summed E-state index contributed by atoms with van der Waals surface area (Å²) in [6, 6.07) is 13.2. The zero-order chi connectivity index (χ0) is 17.5. The third-order valence-corrected chi connectivity index (χ3v) is 3.90.